The second kappa shape index (κ2) is 14.1. The van der Waals surface area contributed by atoms with Gasteiger partial charge in [0.1, 0.15) is 28.5 Å². The average Bonchev–Trinajstić information content (AvgIpc) is 3.75. The van der Waals surface area contributed by atoms with E-state index in [1.807, 2.05) is 0 Å². The molecular formula is C35H28N6O9. The average molecular weight is 677 g/mol. The lowest BCUT2D eigenvalue weighted by Crippen LogP contribution is -2.40. The van der Waals surface area contributed by atoms with E-state index >= 15 is 0 Å². The molecule has 6 rings (SSSR count). The molecule has 3 aromatic carbocycles. The molecule has 4 aromatic rings. The fourth-order valence-electron chi connectivity index (χ4n) is 5.29. The number of ether oxygens (including phenoxy) is 4. The van der Waals surface area contributed by atoms with E-state index in [2.05, 4.69) is 16.0 Å². The summed E-state index contributed by atoms with van der Waals surface area (Å²) in [5.74, 6) is 1.10. The number of non-ortho nitro benzene ring substituents is 2. The van der Waals surface area contributed by atoms with Crippen LogP contribution in [0.5, 0.6) is 23.1 Å². The van der Waals surface area contributed by atoms with Gasteiger partial charge in [-0.15, -0.1) is 0 Å². The molecule has 0 saturated carbocycles. The first kappa shape index (κ1) is 33.1. The number of rotatable bonds is 9. The molecule has 0 aliphatic carbocycles. The number of amides is 1. The maximum Gasteiger partial charge on any atom is 0.269 e. The van der Waals surface area contributed by atoms with Gasteiger partial charge in [0.25, 0.3) is 17.3 Å². The molecule has 15 nitrogen and oxygen atoms in total. The highest BCUT2D eigenvalue weighted by Gasteiger charge is 2.28. The number of nitro benzene ring substituents is 2. The first-order valence-corrected chi connectivity index (χ1v) is 15.2. The van der Waals surface area contributed by atoms with Gasteiger partial charge in [-0.3, -0.25) is 25.0 Å². The summed E-state index contributed by atoms with van der Waals surface area (Å²) in [4.78, 5) is 44.5. The fraction of sp³-hybridized carbons (Fsp3) is 0.171. The predicted molar refractivity (Wildman–Crippen MR) is 179 cm³/mol. The largest absolute Gasteiger partial charge is 0.452 e. The van der Waals surface area contributed by atoms with Crippen molar-refractivity contribution in [1.82, 2.24) is 9.88 Å². The van der Waals surface area contributed by atoms with E-state index in [9.17, 15) is 30.3 Å². The second-order valence-electron chi connectivity index (χ2n) is 11.2. The summed E-state index contributed by atoms with van der Waals surface area (Å²) in [6.07, 6.45) is 3.24. The molecule has 50 heavy (non-hydrogen) atoms. The van der Waals surface area contributed by atoms with Gasteiger partial charge in [-0.25, -0.2) is 4.99 Å². The van der Waals surface area contributed by atoms with Crippen LogP contribution in [0.3, 0.4) is 0 Å². The number of nitrogens with zero attached hydrogens (tertiary/aromatic N) is 5. The number of aromatic amines is 1. The summed E-state index contributed by atoms with van der Waals surface area (Å²) in [6.45, 7) is 5.06. The van der Waals surface area contributed by atoms with E-state index in [-0.39, 0.29) is 46.1 Å². The number of nitriles is 1. The van der Waals surface area contributed by atoms with Crippen molar-refractivity contribution < 1.29 is 33.6 Å². The van der Waals surface area contributed by atoms with Gasteiger partial charge in [0, 0.05) is 43.4 Å². The molecule has 1 amide bonds. The SMILES string of the molecule is Cc1cc(C#N)cc(C)c1OC(=C1C=CC(Oc2ccc([N+](=O)[O-])cc2)=N1)c1cc(C(=O)N2CCOCC2)c(Oc2ccc([N+](=O)[O-])cc2)[nH]1. The van der Waals surface area contributed by atoms with Crippen molar-refractivity contribution in [3.8, 4) is 29.2 Å². The number of benzene rings is 3. The molecule has 3 heterocycles. The zero-order valence-corrected chi connectivity index (χ0v) is 26.7. The minimum absolute atomic E-state index is 0.0635. The molecule has 2 aliphatic heterocycles. The van der Waals surface area contributed by atoms with Gasteiger partial charge in [-0.05, 0) is 73.5 Å². The Balaban J connectivity index is 1.44. The van der Waals surface area contributed by atoms with E-state index in [0.29, 0.717) is 65.9 Å². The molecule has 2 aliphatic rings. The van der Waals surface area contributed by atoms with Gasteiger partial charge < -0.3 is 28.8 Å². The Kier molecular flexibility index (Phi) is 9.37. The molecule has 1 saturated heterocycles. The molecule has 1 N–H and O–H groups in total. The van der Waals surface area contributed by atoms with Crippen LogP contribution in [0, 0.1) is 45.4 Å². The van der Waals surface area contributed by atoms with Gasteiger partial charge in [-0.2, -0.15) is 5.26 Å². The predicted octanol–water partition coefficient (Wildman–Crippen LogP) is 6.38. The number of H-pyrrole nitrogens is 1. The fourth-order valence-corrected chi connectivity index (χ4v) is 5.29. The summed E-state index contributed by atoms with van der Waals surface area (Å²) in [5, 5.41) is 31.8. The molecule has 0 unspecified atom stereocenters. The van der Waals surface area contributed by atoms with Crippen molar-refractivity contribution >= 4 is 28.9 Å². The van der Waals surface area contributed by atoms with Crippen LogP contribution in [0.15, 0.2) is 89.6 Å². The lowest BCUT2D eigenvalue weighted by Gasteiger charge is -2.26. The molecule has 0 atom stereocenters. The second-order valence-corrected chi connectivity index (χ2v) is 11.2. The normalized spacial score (nSPS) is 14.8. The number of aryl methyl sites for hydroxylation is 2. The Morgan fingerprint density at radius 2 is 1.48 bits per heavy atom. The first-order valence-electron chi connectivity index (χ1n) is 15.2. The van der Waals surface area contributed by atoms with Crippen LogP contribution in [-0.2, 0) is 4.74 Å². The van der Waals surface area contributed by atoms with Crippen LogP contribution in [0.2, 0.25) is 0 Å². The lowest BCUT2D eigenvalue weighted by atomic mass is 10.1. The maximum absolute atomic E-state index is 13.9. The molecule has 0 spiro atoms. The lowest BCUT2D eigenvalue weighted by molar-refractivity contribution is -0.385. The van der Waals surface area contributed by atoms with Gasteiger partial charge >= 0.3 is 0 Å². The summed E-state index contributed by atoms with van der Waals surface area (Å²) < 4.78 is 23.9. The number of nitro groups is 2. The van der Waals surface area contributed by atoms with E-state index < -0.39 is 9.85 Å². The van der Waals surface area contributed by atoms with Crippen LogP contribution in [-0.4, -0.2) is 57.8 Å². The molecule has 1 fully saturated rings. The minimum Gasteiger partial charge on any atom is -0.452 e. The van der Waals surface area contributed by atoms with E-state index in [0.717, 1.165) is 0 Å². The van der Waals surface area contributed by atoms with Crippen molar-refractivity contribution in [3.63, 3.8) is 0 Å². The number of aromatic nitrogens is 1. The van der Waals surface area contributed by atoms with Crippen LogP contribution >= 0.6 is 0 Å². The molecular weight excluding hydrogens is 648 g/mol. The summed E-state index contributed by atoms with van der Waals surface area (Å²) in [6, 6.07) is 18.1. The topological polar surface area (TPSA) is 195 Å². The van der Waals surface area contributed by atoms with Gasteiger partial charge in [0.05, 0.1) is 40.4 Å². The van der Waals surface area contributed by atoms with E-state index in [1.54, 1.807) is 49.1 Å². The van der Waals surface area contributed by atoms with E-state index in [1.165, 1.54) is 48.5 Å². The molecule has 252 valence electrons. The summed E-state index contributed by atoms with van der Waals surface area (Å²) in [7, 11) is 0. The third-order valence-electron chi connectivity index (χ3n) is 7.73. The highest BCUT2D eigenvalue weighted by atomic mass is 16.6. The first-order chi connectivity index (χ1) is 24.1. The molecule has 1 aromatic heterocycles. The number of nitrogens with one attached hydrogen (secondary N) is 1. The van der Waals surface area contributed by atoms with Crippen molar-refractivity contribution in [2.24, 2.45) is 4.99 Å². The molecule has 0 radical (unpaired) electrons. The molecule has 0 bridgehead atoms. The standard InChI is InChI=1S/C35H28N6O9/c1-21-17-23(20-36)18-22(2)32(21)50-33(29-11-12-31(37-29)48-26-7-3-24(4-8-26)40(43)44)30-19-28(35(42)39-13-15-47-16-14-39)34(38-30)49-27-9-5-25(6-10-27)41(45)46/h3-12,17-19,38H,13-16H2,1-2H3. The van der Waals surface area contributed by atoms with Crippen LogP contribution in [0.1, 0.15) is 32.7 Å². The van der Waals surface area contributed by atoms with Crippen molar-refractivity contribution in [1.29, 1.82) is 5.26 Å². The summed E-state index contributed by atoms with van der Waals surface area (Å²) >= 11 is 0. The Morgan fingerprint density at radius 3 is 2.04 bits per heavy atom. The zero-order valence-electron chi connectivity index (χ0n) is 26.7. The number of morpholine rings is 1. The summed E-state index contributed by atoms with van der Waals surface area (Å²) in [5.41, 5.74) is 2.37. The van der Waals surface area contributed by atoms with Gasteiger partial charge in [-0.1, -0.05) is 0 Å². The number of carbonyl (C=O) groups excluding carboxylic acids is 1. The number of hydrogen-bond donors (Lipinski definition) is 1. The quantitative estimate of drug-likeness (QED) is 0.118. The van der Waals surface area contributed by atoms with Crippen molar-refractivity contribution in [2.75, 3.05) is 26.3 Å². The maximum atomic E-state index is 13.9. The Hall–Kier alpha value is -6.79. The Labute approximate surface area is 284 Å². The Bertz CT molecular complexity index is 2100. The van der Waals surface area contributed by atoms with Crippen molar-refractivity contribution in [3.05, 3.63) is 133 Å². The van der Waals surface area contributed by atoms with Crippen LogP contribution in [0.25, 0.3) is 5.76 Å². The third-order valence-corrected chi connectivity index (χ3v) is 7.73. The number of allylic oxidation sites excluding steroid dienone is 1. The van der Waals surface area contributed by atoms with Crippen molar-refractivity contribution in [2.45, 2.75) is 13.8 Å². The van der Waals surface area contributed by atoms with Crippen LogP contribution < -0.4 is 14.2 Å². The monoisotopic (exact) mass is 676 g/mol. The smallest absolute Gasteiger partial charge is 0.269 e. The number of hydrogen-bond acceptors (Lipinski definition) is 11. The molecule has 15 heteroatoms. The minimum atomic E-state index is -0.526. The van der Waals surface area contributed by atoms with E-state index in [4.69, 9.17) is 18.9 Å². The third kappa shape index (κ3) is 7.20. The zero-order chi connectivity index (χ0) is 35.4. The Morgan fingerprint density at radius 1 is 0.900 bits per heavy atom. The van der Waals surface area contributed by atoms with Crippen LogP contribution in [0.4, 0.5) is 11.4 Å². The number of aliphatic imine (C=N–C) groups is 1. The highest BCUT2D eigenvalue weighted by Crippen LogP contribution is 2.36. The van der Waals surface area contributed by atoms with Gasteiger partial charge in [0.15, 0.2) is 5.76 Å². The van der Waals surface area contributed by atoms with Gasteiger partial charge in [0.2, 0.25) is 11.8 Å². The number of carbonyl (C=O) groups is 1. The highest BCUT2D eigenvalue weighted by molar-refractivity contribution is 5.99.